The summed E-state index contributed by atoms with van der Waals surface area (Å²) < 4.78 is 56.5. The van der Waals surface area contributed by atoms with Crippen LogP contribution in [0.1, 0.15) is 66.8 Å². The lowest BCUT2D eigenvalue weighted by Gasteiger charge is -2.33. The SMILES string of the molecule is CC1CC(C)CC(n2c(Nc3ccc(OC(F)(F)F)cc3)nc3cc(B4OC(C)(C)C(C)(C)O4)ccc32)C1. The van der Waals surface area contributed by atoms with Crippen LogP contribution in [0.15, 0.2) is 42.5 Å². The predicted molar refractivity (Wildman–Crippen MR) is 143 cm³/mol. The highest BCUT2D eigenvalue weighted by Crippen LogP contribution is 2.41. The van der Waals surface area contributed by atoms with E-state index in [0.29, 0.717) is 23.5 Å². The van der Waals surface area contributed by atoms with Crippen LogP contribution in [0.2, 0.25) is 0 Å². The molecule has 2 aromatic carbocycles. The van der Waals surface area contributed by atoms with Crippen molar-refractivity contribution in [3.8, 4) is 5.75 Å². The Bertz CT molecular complexity index is 1280. The van der Waals surface area contributed by atoms with Gasteiger partial charge in [-0.15, -0.1) is 13.2 Å². The van der Waals surface area contributed by atoms with E-state index in [-0.39, 0.29) is 11.8 Å². The third kappa shape index (κ3) is 5.38. The maximum Gasteiger partial charge on any atom is 0.573 e. The fourth-order valence-corrected chi connectivity index (χ4v) is 5.68. The first-order valence-electron chi connectivity index (χ1n) is 13.2. The third-order valence-electron chi connectivity index (χ3n) is 8.10. The summed E-state index contributed by atoms with van der Waals surface area (Å²) in [5.41, 5.74) is 2.42. The van der Waals surface area contributed by atoms with Crippen LogP contribution in [0.3, 0.4) is 0 Å². The first kappa shape index (κ1) is 26.9. The van der Waals surface area contributed by atoms with Crippen molar-refractivity contribution in [1.29, 1.82) is 0 Å². The zero-order valence-electron chi connectivity index (χ0n) is 22.7. The number of anilines is 2. The van der Waals surface area contributed by atoms with E-state index in [1.807, 2.05) is 39.8 Å². The van der Waals surface area contributed by atoms with Gasteiger partial charge in [0.25, 0.3) is 0 Å². The van der Waals surface area contributed by atoms with Crippen LogP contribution in [0, 0.1) is 11.8 Å². The van der Waals surface area contributed by atoms with Crippen LogP contribution in [0.4, 0.5) is 24.8 Å². The van der Waals surface area contributed by atoms with Gasteiger partial charge in [-0.3, -0.25) is 0 Å². The van der Waals surface area contributed by atoms with E-state index in [1.54, 1.807) is 12.1 Å². The molecule has 2 fully saturated rings. The molecule has 204 valence electrons. The number of rotatable bonds is 5. The molecule has 0 radical (unpaired) electrons. The molecule has 2 heterocycles. The average Bonchev–Trinajstić information content (AvgIpc) is 3.25. The van der Waals surface area contributed by atoms with Crippen molar-refractivity contribution in [2.45, 2.75) is 84.4 Å². The van der Waals surface area contributed by atoms with Gasteiger partial charge in [0.15, 0.2) is 0 Å². The number of halogens is 3. The molecule has 10 heteroatoms. The first-order valence-corrected chi connectivity index (χ1v) is 13.2. The van der Waals surface area contributed by atoms with Gasteiger partial charge in [0, 0.05) is 11.7 Å². The van der Waals surface area contributed by atoms with E-state index in [2.05, 4.69) is 34.5 Å². The molecule has 2 aliphatic rings. The molecule has 1 aliphatic heterocycles. The van der Waals surface area contributed by atoms with E-state index >= 15 is 0 Å². The quantitative estimate of drug-likeness (QED) is 0.362. The Morgan fingerprint density at radius 1 is 0.947 bits per heavy atom. The van der Waals surface area contributed by atoms with Crippen LogP contribution in [-0.2, 0) is 9.31 Å². The highest BCUT2D eigenvalue weighted by molar-refractivity contribution is 6.62. The smallest absolute Gasteiger partial charge is 0.406 e. The molecule has 0 spiro atoms. The van der Waals surface area contributed by atoms with Crippen LogP contribution in [0.25, 0.3) is 11.0 Å². The van der Waals surface area contributed by atoms with Crippen molar-refractivity contribution in [3.63, 3.8) is 0 Å². The molecule has 1 aromatic heterocycles. The van der Waals surface area contributed by atoms with Crippen LogP contribution >= 0.6 is 0 Å². The lowest BCUT2D eigenvalue weighted by Crippen LogP contribution is -2.41. The van der Waals surface area contributed by atoms with Gasteiger partial charge in [0.1, 0.15) is 5.75 Å². The summed E-state index contributed by atoms with van der Waals surface area (Å²) in [5, 5.41) is 3.35. The largest absolute Gasteiger partial charge is 0.573 e. The number of ether oxygens (including phenoxy) is 1. The third-order valence-corrected chi connectivity index (χ3v) is 8.10. The second-order valence-corrected chi connectivity index (χ2v) is 11.9. The fourth-order valence-electron chi connectivity index (χ4n) is 5.68. The Morgan fingerprint density at radius 3 is 2.13 bits per heavy atom. The second kappa shape index (κ2) is 9.48. The van der Waals surface area contributed by atoms with Crippen LogP contribution < -0.4 is 15.5 Å². The second-order valence-electron chi connectivity index (χ2n) is 11.9. The summed E-state index contributed by atoms with van der Waals surface area (Å²) in [6.45, 7) is 12.7. The van der Waals surface area contributed by atoms with Crippen molar-refractivity contribution >= 4 is 35.3 Å². The van der Waals surface area contributed by atoms with Crippen molar-refractivity contribution < 1.29 is 27.2 Å². The molecule has 0 bridgehead atoms. The number of hydrogen-bond donors (Lipinski definition) is 1. The van der Waals surface area contributed by atoms with Gasteiger partial charge < -0.3 is 23.9 Å². The summed E-state index contributed by atoms with van der Waals surface area (Å²) in [6.07, 6.45) is -1.48. The predicted octanol–water partition coefficient (Wildman–Crippen LogP) is 6.97. The number of hydrogen-bond acceptors (Lipinski definition) is 5. The van der Waals surface area contributed by atoms with Crippen LogP contribution in [-0.4, -0.2) is 34.2 Å². The van der Waals surface area contributed by atoms with Crippen molar-refractivity contribution in [1.82, 2.24) is 9.55 Å². The summed E-state index contributed by atoms with van der Waals surface area (Å²) >= 11 is 0. The van der Waals surface area contributed by atoms with Gasteiger partial charge in [-0.2, -0.15) is 0 Å². The molecule has 0 amide bonds. The highest BCUT2D eigenvalue weighted by atomic mass is 19.4. The maximum atomic E-state index is 12.6. The lowest BCUT2D eigenvalue weighted by molar-refractivity contribution is -0.274. The van der Waals surface area contributed by atoms with E-state index in [0.717, 1.165) is 29.3 Å². The van der Waals surface area contributed by atoms with Gasteiger partial charge in [0.2, 0.25) is 5.95 Å². The Kier molecular flexibility index (Phi) is 6.71. The molecule has 38 heavy (non-hydrogen) atoms. The minimum absolute atomic E-state index is 0.247. The van der Waals surface area contributed by atoms with Gasteiger partial charge in [-0.1, -0.05) is 19.9 Å². The van der Waals surface area contributed by atoms with E-state index < -0.39 is 24.7 Å². The summed E-state index contributed by atoms with van der Waals surface area (Å²) in [7, 11) is -0.498. The standard InChI is InChI=1S/C28H35BF3N3O3/c1-17-13-18(2)15-21(14-17)35-24-12-7-19(29-37-26(3,4)27(5,6)38-29)16-23(24)34-25(35)33-20-8-10-22(11-9-20)36-28(30,31)32/h7-12,16-18,21H,13-15H2,1-6H3,(H,33,34). The molecule has 6 nitrogen and oxygen atoms in total. The minimum Gasteiger partial charge on any atom is -0.406 e. The minimum atomic E-state index is -4.73. The van der Waals surface area contributed by atoms with Gasteiger partial charge >= 0.3 is 13.5 Å². The molecular formula is C28H35BF3N3O3. The highest BCUT2D eigenvalue weighted by Gasteiger charge is 2.51. The molecule has 1 aliphatic carbocycles. The van der Waals surface area contributed by atoms with Crippen molar-refractivity contribution in [2.75, 3.05) is 5.32 Å². The van der Waals surface area contributed by atoms with Crippen molar-refractivity contribution in [2.24, 2.45) is 11.8 Å². The number of fused-ring (bicyclic) bond motifs is 1. The van der Waals surface area contributed by atoms with E-state index in [4.69, 9.17) is 14.3 Å². The molecule has 3 aromatic rings. The Labute approximate surface area is 222 Å². The number of alkyl halides is 3. The molecule has 5 rings (SSSR count). The number of nitrogens with zero attached hydrogens (tertiary/aromatic N) is 2. The Balaban J connectivity index is 1.50. The van der Waals surface area contributed by atoms with Gasteiger partial charge in [-0.25, -0.2) is 4.98 Å². The normalized spacial score (nSPS) is 25.1. The zero-order chi connectivity index (χ0) is 27.5. The number of aromatic nitrogens is 2. The van der Waals surface area contributed by atoms with Gasteiger partial charge in [-0.05, 0) is 101 Å². The molecule has 2 unspecified atom stereocenters. The molecule has 1 saturated carbocycles. The molecule has 2 atom stereocenters. The molecule has 1 saturated heterocycles. The number of nitrogens with one attached hydrogen (secondary N) is 1. The Hall–Kier alpha value is -2.72. The fraction of sp³-hybridized carbons (Fsp3) is 0.536. The monoisotopic (exact) mass is 529 g/mol. The molecule has 1 N–H and O–H groups in total. The molecular weight excluding hydrogens is 494 g/mol. The number of benzene rings is 2. The van der Waals surface area contributed by atoms with E-state index in [1.165, 1.54) is 18.6 Å². The zero-order valence-corrected chi connectivity index (χ0v) is 22.7. The lowest BCUT2D eigenvalue weighted by atomic mass is 9.78. The first-order chi connectivity index (χ1) is 17.7. The van der Waals surface area contributed by atoms with Crippen LogP contribution in [0.5, 0.6) is 5.75 Å². The summed E-state index contributed by atoms with van der Waals surface area (Å²) in [4.78, 5) is 4.95. The Morgan fingerprint density at radius 2 is 1.55 bits per heavy atom. The van der Waals surface area contributed by atoms with Gasteiger partial charge in [0.05, 0.1) is 22.2 Å². The number of imidazole rings is 1. The van der Waals surface area contributed by atoms with Crippen molar-refractivity contribution in [3.05, 3.63) is 42.5 Å². The van der Waals surface area contributed by atoms with E-state index in [9.17, 15) is 13.2 Å². The summed E-state index contributed by atoms with van der Waals surface area (Å²) in [5.74, 6) is 1.55. The summed E-state index contributed by atoms with van der Waals surface area (Å²) in [6, 6.07) is 12.1. The topological polar surface area (TPSA) is 57.5 Å². The average molecular weight is 529 g/mol. The maximum absolute atomic E-state index is 12.6.